The Kier molecular flexibility index (Phi) is 6.22. The lowest BCUT2D eigenvalue weighted by atomic mass is 9.94. The third kappa shape index (κ3) is 3.98. The Morgan fingerprint density at radius 2 is 1.67 bits per heavy atom. The minimum Gasteiger partial charge on any atom is -0.457 e. The molecule has 0 heterocycles. The van der Waals surface area contributed by atoms with E-state index >= 15 is 0 Å². The molecule has 0 aromatic heterocycles. The van der Waals surface area contributed by atoms with Crippen LogP contribution in [0.15, 0.2) is 30.3 Å². The molecule has 0 aliphatic carbocycles. The van der Waals surface area contributed by atoms with E-state index in [1.165, 1.54) is 12.1 Å². The van der Waals surface area contributed by atoms with Crippen molar-refractivity contribution < 1.29 is 33.0 Å². The second-order valence-electron chi connectivity index (χ2n) is 5.86. The summed E-state index contributed by atoms with van der Waals surface area (Å²) >= 11 is 0. The van der Waals surface area contributed by atoms with Crippen LogP contribution < -0.4 is 0 Å². The predicted octanol–water partition coefficient (Wildman–Crippen LogP) is 2.33. The van der Waals surface area contributed by atoms with E-state index in [9.17, 15) is 20.0 Å². The summed E-state index contributed by atoms with van der Waals surface area (Å²) in [5, 5.41) is 11.1. The highest BCUT2D eigenvalue weighted by atomic mass is 31.2. The fourth-order valence-corrected chi connectivity index (χ4v) is 3.16. The van der Waals surface area contributed by atoms with Gasteiger partial charge in [-0.15, -0.1) is 0 Å². The van der Waals surface area contributed by atoms with Crippen molar-refractivity contribution in [3.63, 3.8) is 0 Å². The summed E-state index contributed by atoms with van der Waals surface area (Å²) in [6.45, 7) is 4.79. The number of esters is 1. The van der Waals surface area contributed by atoms with Crippen LogP contribution in [0.2, 0.25) is 0 Å². The maximum absolute atomic E-state index is 12.7. The normalized spacial score (nSPS) is 14.4. The minimum absolute atomic E-state index is 0.0126. The molecule has 9 heteroatoms. The Morgan fingerprint density at radius 3 is 2.04 bits per heavy atom. The van der Waals surface area contributed by atoms with E-state index in [2.05, 4.69) is 4.79 Å². The molecule has 8 nitrogen and oxygen atoms in total. The first kappa shape index (κ1) is 20.2. The van der Waals surface area contributed by atoms with Gasteiger partial charge in [-0.2, -0.15) is 4.79 Å². The van der Waals surface area contributed by atoms with Gasteiger partial charge in [-0.1, -0.05) is 30.3 Å². The van der Waals surface area contributed by atoms with E-state index in [4.69, 9.17) is 13.8 Å². The van der Waals surface area contributed by atoms with E-state index in [1.807, 2.05) is 0 Å². The number of hydrogen-bond donors (Lipinski definition) is 1. The molecule has 0 unspecified atom stereocenters. The first-order valence-corrected chi connectivity index (χ1v) is 8.55. The monoisotopic (exact) mass is 356 g/mol. The zero-order valence-electron chi connectivity index (χ0n) is 14.2. The SMILES string of the molecule is COP(=O)(OC)C(=[N+]=[N-])[C@](O)(C(=O)OC(C)(C)C)c1ccccc1. The number of carbonyl (C=O) groups is 1. The molecule has 1 N–H and O–H groups in total. The number of rotatable bonds is 6. The van der Waals surface area contributed by atoms with Crippen LogP contribution in [-0.4, -0.2) is 41.1 Å². The molecule has 0 saturated heterocycles. The van der Waals surface area contributed by atoms with Crippen LogP contribution in [0.25, 0.3) is 5.53 Å². The molecule has 0 aliphatic heterocycles. The summed E-state index contributed by atoms with van der Waals surface area (Å²) in [5.41, 5.74) is 4.84. The van der Waals surface area contributed by atoms with E-state index in [0.29, 0.717) is 0 Å². The van der Waals surface area contributed by atoms with Gasteiger partial charge in [0.25, 0.3) is 5.60 Å². The number of carbonyl (C=O) groups excluding carboxylic acids is 1. The lowest BCUT2D eigenvalue weighted by Gasteiger charge is -2.28. The van der Waals surface area contributed by atoms with Gasteiger partial charge in [0, 0.05) is 19.8 Å². The van der Waals surface area contributed by atoms with Crippen molar-refractivity contribution in [1.29, 1.82) is 0 Å². The fourth-order valence-electron chi connectivity index (χ4n) is 1.94. The Morgan fingerprint density at radius 1 is 1.17 bits per heavy atom. The highest BCUT2D eigenvalue weighted by Crippen LogP contribution is 2.53. The van der Waals surface area contributed by atoms with Gasteiger partial charge in [0.1, 0.15) is 5.60 Å². The Labute approximate surface area is 140 Å². The molecule has 0 amide bonds. The van der Waals surface area contributed by atoms with Crippen LogP contribution in [-0.2, 0) is 28.7 Å². The number of benzene rings is 1. The molecule has 1 rings (SSSR count). The van der Waals surface area contributed by atoms with Crippen molar-refractivity contribution in [3.8, 4) is 0 Å². The Balaban J connectivity index is 3.64. The molecule has 0 aliphatic rings. The summed E-state index contributed by atoms with van der Waals surface area (Å²) in [4.78, 5) is 15.5. The summed E-state index contributed by atoms with van der Waals surface area (Å²) in [7, 11) is -2.17. The second-order valence-corrected chi connectivity index (χ2v) is 8.01. The van der Waals surface area contributed by atoms with Crippen molar-refractivity contribution in [3.05, 3.63) is 41.4 Å². The van der Waals surface area contributed by atoms with Gasteiger partial charge >= 0.3 is 19.0 Å². The Hall–Kier alpha value is -1.82. The molecular weight excluding hydrogens is 335 g/mol. The molecule has 0 radical (unpaired) electrons. The smallest absolute Gasteiger partial charge is 0.441 e. The van der Waals surface area contributed by atoms with Crippen LogP contribution in [0.1, 0.15) is 26.3 Å². The largest absolute Gasteiger partial charge is 0.457 e. The second kappa shape index (κ2) is 7.38. The highest BCUT2D eigenvalue weighted by Gasteiger charge is 2.61. The summed E-state index contributed by atoms with van der Waals surface area (Å²) in [5.74, 6) is -1.18. The van der Waals surface area contributed by atoms with Crippen molar-refractivity contribution >= 4 is 19.0 Å². The standard InChI is InChI=1S/C15H21N2O6P/c1-14(2,3)23-13(18)15(19,11-9-7-6-8-10-11)12(17-16)24(20,21-4)22-5/h6-10,19H,1-5H3/t15-/m0/s1. The topological polar surface area (TPSA) is 118 Å². The van der Waals surface area contributed by atoms with Crippen LogP contribution in [0, 0.1) is 0 Å². The number of nitrogens with zero attached hydrogens (tertiary/aromatic N) is 2. The third-order valence-electron chi connectivity index (χ3n) is 3.04. The van der Waals surface area contributed by atoms with E-state index in [0.717, 1.165) is 14.2 Å². The van der Waals surface area contributed by atoms with Crippen molar-refractivity contribution in [2.24, 2.45) is 0 Å². The molecule has 1 aromatic rings. The number of aliphatic hydroxyl groups is 1. The van der Waals surface area contributed by atoms with Crippen LogP contribution in [0.3, 0.4) is 0 Å². The Bertz CT molecular complexity index is 686. The van der Waals surface area contributed by atoms with Gasteiger partial charge in [0.2, 0.25) is 0 Å². The number of ether oxygens (including phenoxy) is 1. The molecular formula is C15H21N2O6P. The number of hydrogen-bond acceptors (Lipinski definition) is 6. The van der Waals surface area contributed by atoms with Crippen molar-refractivity contribution in [2.75, 3.05) is 14.2 Å². The maximum atomic E-state index is 12.7. The summed E-state index contributed by atoms with van der Waals surface area (Å²) in [6, 6.07) is 7.53. The van der Waals surface area contributed by atoms with Crippen molar-refractivity contribution in [2.45, 2.75) is 32.0 Å². The highest BCUT2D eigenvalue weighted by molar-refractivity contribution is 7.72. The first-order chi connectivity index (χ1) is 11.0. The average Bonchev–Trinajstić information content (AvgIpc) is 2.54. The lowest BCUT2D eigenvalue weighted by molar-refractivity contribution is -0.173. The molecule has 1 aromatic carbocycles. The average molecular weight is 356 g/mol. The summed E-state index contributed by atoms with van der Waals surface area (Å²) in [6.07, 6.45) is 0. The molecule has 0 fully saturated rings. The molecule has 1 atom stereocenters. The van der Waals surface area contributed by atoms with Gasteiger partial charge in [-0.05, 0) is 20.8 Å². The first-order valence-electron chi connectivity index (χ1n) is 7.01. The lowest BCUT2D eigenvalue weighted by Crippen LogP contribution is -2.48. The van der Waals surface area contributed by atoms with Gasteiger partial charge in [-0.25, -0.2) is 9.36 Å². The zero-order chi connectivity index (χ0) is 18.6. The predicted molar refractivity (Wildman–Crippen MR) is 86.4 cm³/mol. The van der Waals surface area contributed by atoms with E-state index in [1.54, 1.807) is 39.0 Å². The van der Waals surface area contributed by atoms with Gasteiger partial charge in [-0.3, -0.25) is 0 Å². The van der Waals surface area contributed by atoms with Crippen LogP contribution in [0.5, 0.6) is 0 Å². The molecule has 0 spiro atoms. The fraction of sp³-hybridized carbons (Fsp3) is 0.467. The summed E-state index contributed by atoms with van der Waals surface area (Å²) < 4.78 is 27.4. The molecule has 0 bridgehead atoms. The third-order valence-corrected chi connectivity index (χ3v) is 4.94. The molecule has 0 saturated carbocycles. The van der Waals surface area contributed by atoms with E-state index < -0.39 is 30.2 Å². The van der Waals surface area contributed by atoms with Crippen LogP contribution in [0.4, 0.5) is 0 Å². The maximum Gasteiger partial charge on any atom is 0.441 e. The van der Waals surface area contributed by atoms with E-state index in [-0.39, 0.29) is 5.56 Å². The van der Waals surface area contributed by atoms with Crippen LogP contribution >= 0.6 is 7.60 Å². The molecule has 24 heavy (non-hydrogen) atoms. The minimum atomic E-state index is -4.25. The van der Waals surface area contributed by atoms with Gasteiger partial charge < -0.3 is 24.4 Å². The van der Waals surface area contributed by atoms with Crippen molar-refractivity contribution in [1.82, 2.24) is 0 Å². The quantitative estimate of drug-likeness (QED) is 0.275. The van der Waals surface area contributed by atoms with Gasteiger partial charge in [0.15, 0.2) is 0 Å². The molecule has 132 valence electrons. The van der Waals surface area contributed by atoms with Gasteiger partial charge in [0.05, 0.1) is 0 Å². The zero-order valence-corrected chi connectivity index (χ0v) is 15.1.